The number of guanidine groups is 1. The molecule has 0 bridgehead atoms. The van der Waals surface area contributed by atoms with Gasteiger partial charge in [-0.3, -0.25) is 25.0 Å². The monoisotopic (exact) mass is 456 g/mol. The van der Waals surface area contributed by atoms with Crippen LogP contribution in [0, 0.1) is 31.7 Å². The van der Waals surface area contributed by atoms with Gasteiger partial charge in [0.2, 0.25) is 5.96 Å². The van der Waals surface area contributed by atoms with Gasteiger partial charge in [-0.2, -0.15) is 5.26 Å². The maximum absolute atomic E-state index is 11.5. The highest BCUT2D eigenvalue weighted by Crippen LogP contribution is 2.26. The Balaban J connectivity index is 2.24. The molecule has 0 spiro atoms. The van der Waals surface area contributed by atoms with Crippen LogP contribution in [0.1, 0.15) is 18.9 Å². The van der Waals surface area contributed by atoms with Crippen LogP contribution >= 0.6 is 0 Å². The minimum atomic E-state index is -0.600. The summed E-state index contributed by atoms with van der Waals surface area (Å²) < 4.78 is 10.4. The van der Waals surface area contributed by atoms with E-state index in [1.54, 1.807) is 6.92 Å². The largest absolute Gasteiger partial charge is 0.493 e. The second kappa shape index (κ2) is 11.6. The van der Waals surface area contributed by atoms with Gasteiger partial charge in [0.1, 0.15) is 5.75 Å². The number of aliphatic imine (C=N–C) groups is 1. The average molecular weight is 456 g/mol. The normalized spacial score (nSPS) is 10.7. The first-order chi connectivity index (χ1) is 15.7. The van der Waals surface area contributed by atoms with Crippen LogP contribution < -0.4 is 10.5 Å². The summed E-state index contributed by atoms with van der Waals surface area (Å²) in [7, 11) is 0. The lowest BCUT2D eigenvalue weighted by molar-refractivity contribution is -0.385. The van der Waals surface area contributed by atoms with Gasteiger partial charge in [-0.05, 0) is 25.1 Å². The van der Waals surface area contributed by atoms with Crippen LogP contribution in [0.15, 0.2) is 47.5 Å². The average Bonchev–Trinajstić information content (AvgIpc) is 2.78. The number of nitro benzene ring substituents is 2. The predicted octanol–water partition coefficient (Wildman–Crippen LogP) is 2.76. The van der Waals surface area contributed by atoms with Crippen molar-refractivity contribution in [2.75, 3.05) is 13.2 Å². The SMILES string of the molecule is CCOC(=O)CCOc1ccc([N+](=O)[O-])cc1CN(C#N)C(N)=Nc1ccc([N+](=O)[O-])cc1. The molecule has 0 fully saturated rings. The first-order valence-electron chi connectivity index (χ1n) is 9.56. The van der Waals surface area contributed by atoms with E-state index in [4.69, 9.17) is 15.2 Å². The highest BCUT2D eigenvalue weighted by Gasteiger charge is 2.17. The predicted molar refractivity (Wildman–Crippen MR) is 115 cm³/mol. The maximum atomic E-state index is 11.5. The van der Waals surface area contributed by atoms with E-state index in [1.807, 2.05) is 6.19 Å². The molecule has 2 aromatic rings. The van der Waals surface area contributed by atoms with Crippen molar-refractivity contribution in [2.24, 2.45) is 10.7 Å². The van der Waals surface area contributed by atoms with Crippen LogP contribution in [-0.2, 0) is 16.1 Å². The lowest BCUT2D eigenvalue weighted by atomic mass is 10.1. The minimum Gasteiger partial charge on any atom is -0.493 e. The van der Waals surface area contributed by atoms with Gasteiger partial charge in [-0.1, -0.05) is 0 Å². The summed E-state index contributed by atoms with van der Waals surface area (Å²) >= 11 is 0. The number of nitrogens with two attached hydrogens (primary N) is 1. The van der Waals surface area contributed by atoms with E-state index in [2.05, 4.69) is 4.99 Å². The molecule has 0 amide bonds. The molecule has 33 heavy (non-hydrogen) atoms. The van der Waals surface area contributed by atoms with Gasteiger partial charge in [0.15, 0.2) is 6.19 Å². The summed E-state index contributed by atoms with van der Waals surface area (Å²) in [4.78, 5) is 37.3. The smallest absolute Gasteiger partial charge is 0.309 e. The first-order valence-corrected chi connectivity index (χ1v) is 9.56. The molecule has 13 heteroatoms. The molecule has 172 valence electrons. The molecule has 0 atom stereocenters. The molecule has 2 aromatic carbocycles. The molecule has 0 saturated heterocycles. The second-order valence-corrected chi connectivity index (χ2v) is 6.38. The number of esters is 1. The van der Waals surface area contributed by atoms with Gasteiger partial charge < -0.3 is 15.2 Å². The lowest BCUT2D eigenvalue weighted by Gasteiger charge is -2.17. The van der Waals surface area contributed by atoms with Crippen molar-refractivity contribution in [1.82, 2.24) is 4.90 Å². The first kappa shape index (κ1) is 24.5. The standard InChI is InChI=1S/C20H20N6O7/c1-2-32-19(27)9-10-33-18-8-7-17(26(30)31)11-14(18)12-24(13-21)20(22)23-15-3-5-16(6-4-15)25(28)29/h3-8,11H,2,9-10,12H2,1H3,(H2,22,23). The number of non-ortho nitro benzene ring substituents is 2. The van der Waals surface area contributed by atoms with Crippen LogP contribution in [-0.4, -0.2) is 39.9 Å². The van der Waals surface area contributed by atoms with Crippen molar-refractivity contribution in [3.63, 3.8) is 0 Å². The van der Waals surface area contributed by atoms with E-state index < -0.39 is 15.8 Å². The van der Waals surface area contributed by atoms with Gasteiger partial charge in [0, 0.05) is 29.8 Å². The summed E-state index contributed by atoms with van der Waals surface area (Å²) in [6, 6.07) is 9.00. The molecule has 0 aromatic heterocycles. The van der Waals surface area contributed by atoms with E-state index in [0.717, 1.165) is 4.90 Å². The van der Waals surface area contributed by atoms with Gasteiger partial charge >= 0.3 is 5.97 Å². The second-order valence-electron chi connectivity index (χ2n) is 6.38. The summed E-state index contributed by atoms with van der Waals surface area (Å²) in [5, 5.41) is 31.4. The third kappa shape index (κ3) is 7.17. The zero-order valence-electron chi connectivity index (χ0n) is 17.5. The van der Waals surface area contributed by atoms with Crippen molar-refractivity contribution in [3.8, 4) is 11.9 Å². The van der Waals surface area contributed by atoms with Gasteiger partial charge in [-0.25, -0.2) is 9.89 Å². The Morgan fingerprint density at radius 3 is 2.36 bits per heavy atom. The number of nitrogens with zero attached hydrogens (tertiary/aromatic N) is 5. The number of hydrogen-bond acceptors (Lipinski definition) is 9. The van der Waals surface area contributed by atoms with Crippen LogP contribution in [0.3, 0.4) is 0 Å². The summed E-state index contributed by atoms with van der Waals surface area (Å²) in [5.41, 5.74) is 6.07. The molecule has 0 radical (unpaired) electrons. The van der Waals surface area contributed by atoms with E-state index >= 15 is 0 Å². The maximum Gasteiger partial charge on any atom is 0.309 e. The number of nitriles is 1. The van der Waals surface area contributed by atoms with E-state index in [1.165, 1.54) is 42.5 Å². The lowest BCUT2D eigenvalue weighted by Crippen LogP contribution is -2.33. The Morgan fingerprint density at radius 2 is 1.79 bits per heavy atom. The number of nitro groups is 2. The zero-order valence-corrected chi connectivity index (χ0v) is 17.5. The fraction of sp³-hybridized carbons (Fsp3) is 0.250. The van der Waals surface area contributed by atoms with Crippen LogP contribution in [0.25, 0.3) is 0 Å². The van der Waals surface area contributed by atoms with Crippen LogP contribution in [0.4, 0.5) is 17.1 Å². The Morgan fingerprint density at radius 1 is 1.15 bits per heavy atom. The van der Waals surface area contributed by atoms with Gasteiger partial charge in [0.05, 0.1) is 41.7 Å². The highest BCUT2D eigenvalue weighted by molar-refractivity contribution is 5.82. The molecule has 0 aliphatic carbocycles. The number of benzene rings is 2. The van der Waals surface area contributed by atoms with Crippen molar-refractivity contribution in [2.45, 2.75) is 19.9 Å². The number of hydrogen-bond donors (Lipinski definition) is 1. The van der Waals surface area contributed by atoms with Crippen molar-refractivity contribution in [1.29, 1.82) is 5.26 Å². The molecular formula is C20H20N6O7. The van der Waals surface area contributed by atoms with Gasteiger partial charge in [0.25, 0.3) is 11.4 Å². The summed E-state index contributed by atoms with van der Waals surface area (Å²) in [6.45, 7) is 1.65. The van der Waals surface area contributed by atoms with E-state index in [9.17, 15) is 30.3 Å². The van der Waals surface area contributed by atoms with Crippen molar-refractivity contribution in [3.05, 3.63) is 68.3 Å². The molecule has 13 nitrogen and oxygen atoms in total. The summed E-state index contributed by atoms with van der Waals surface area (Å²) in [6.07, 6.45) is 1.81. The molecule has 2 rings (SSSR count). The molecule has 0 aliphatic heterocycles. The Kier molecular flexibility index (Phi) is 8.63. The molecule has 0 aliphatic rings. The number of ether oxygens (including phenoxy) is 2. The van der Waals surface area contributed by atoms with Crippen LogP contribution in [0.5, 0.6) is 5.75 Å². The Hall–Kier alpha value is -4.73. The van der Waals surface area contributed by atoms with Crippen LogP contribution in [0.2, 0.25) is 0 Å². The van der Waals surface area contributed by atoms with E-state index in [0.29, 0.717) is 0 Å². The van der Waals surface area contributed by atoms with Crippen molar-refractivity contribution >= 4 is 29.0 Å². The minimum absolute atomic E-state index is 0.0318. The number of carbonyl (C=O) groups excluding carboxylic acids is 1. The quantitative estimate of drug-likeness (QED) is 0.106. The fourth-order valence-corrected chi connectivity index (χ4v) is 2.60. The third-order valence-corrected chi connectivity index (χ3v) is 4.15. The molecule has 0 heterocycles. The summed E-state index contributed by atoms with van der Waals surface area (Å²) in [5.74, 6) is -0.484. The fourth-order valence-electron chi connectivity index (χ4n) is 2.60. The molecular weight excluding hydrogens is 436 g/mol. The molecule has 0 saturated carbocycles. The zero-order chi connectivity index (χ0) is 24.4. The topological polar surface area (TPSA) is 187 Å². The Labute approximate surface area is 187 Å². The number of carbonyl (C=O) groups is 1. The van der Waals surface area contributed by atoms with E-state index in [-0.39, 0.29) is 60.5 Å². The molecule has 0 unspecified atom stereocenters. The third-order valence-electron chi connectivity index (χ3n) is 4.15. The highest BCUT2D eigenvalue weighted by atomic mass is 16.6. The van der Waals surface area contributed by atoms with Crippen molar-refractivity contribution < 1.29 is 24.1 Å². The molecule has 2 N–H and O–H groups in total. The Bertz CT molecular complexity index is 1100. The number of rotatable bonds is 10. The van der Waals surface area contributed by atoms with Gasteiger partial charge in [-0.15, -0.1) is 0 Å².